The largest absolute Gasteiger partial charge is 0.353 e. The number of amides is 2. The summed E-state index contributed by atoms with van der Waals surface area (Å²) in [7, 11) is 0. The van der Waals surface area contributed by atoms with Crippen molar-refractivity contribution < 1.29 is 9.59 Å². The van der Waals surface area contributed by atoms with Gasteiger partial charge < -0.3 is 10.6 Å². The predicted molar refractivity (Wildman–Crippen MR) is 106 cm³/mol. The summed E-state index contributed by atoms with van der Waals surface area (Å²) in [5.74, 6) is 0.869. The van der Waals surface area contributed by atoms with Crippen molar-refractivity contribution in [3.05, 3.63) is 34.9 Å². The van der Waals surface area contributed by atoms with Crippen molar-refractivity contribution in [2.75, 3.05) is 13.1 Å². The van der Waals surface area contributed by atoms with Gasteiger partial charge in [0.15, 0.2) is 0 Å². The van der Waals surface area contributed by atoms with E-state index in [1.807, 2.05) is 0 Å². The number of benzene rings is 1. The molecular formula is C21H28ClN3O2. The molecule has 1 heterocycles. The third-order valence-electron chi connectivity index (χ3n) is 5.89. The predicted octanol–water partition coefficient (Wildman–Crippen LogP) is 2.98. The van der Waals surface area contributed by atoms with E-state index in [-0.39, 0.29) is 11.8 Å². The highest BCUT2D eigenvalue weighted by atomic mass is 35.5. The van der Waals surface area contributed by atoms with Crippen LogP contribution in [0.5, 0.6) is 0 Å². The molecule has 3 fully saturated rings. The van der Waals surface area contributed by atoms with Crippen LogP contribution in [-0.4, -0.2) is 47.9 Å². The second-order valence-electron chi connectivity index (χ2n) is 8.29. The van der Waals surface area contributed by atoms with Gasteiger partial charge in [-0.3, -0.25) is 14.5 Å². The van der Waals surface area contributed by atoms with Crippen molar-refractivity contribution in [1.82, 2.24) is 15.5 Å². The van der Waals surface area contributed by atoms with Gasteiger partial charge in [0.05, 0.1) is 0 Å². The summed E-state index contributed by atoms with van der Waals surface area (Å²) in [5, 5.41) is 6.75. The average Bonchev–Trinajstić information content (AvgIpc) is 3.56. The number of carbonyl (C=O) groups is 2. The average molecular weight is 390 g/mol. The van der Waals surface area contributed by atoms with Crippen LogP contribution in [0.15, 0.2) is 24.3 Å². The lowest BCUT2D eigenvalue weighted by Crippen LogP contribution is -2.45. The number of hydrogen-bond donors (Lipinski definition) is 2. The van der Waals surface area contributed by atoms with E-state index in [1.165, 1.54) is 12.8 Å². The first-order chi connectivity index (χ1) is 13.1. The molecule has 1 aliphatic heterocycles. The molecule has 2 atom stereocenters. The van der Waals surface area contributed by atoms with Crippen LogP contribution in [0, 0.1) is 5.92 Å². The van der Waals surface area contributed by atoms with E-state index in [1.54, 1.807) is 24.3 Å². The molecule has 2 N–H and O–H groups in total. The Balaban J connectivity index is 1.32. The topological polar surface area (TPSA) is 61.4 Å². The molecule has 6 heteroatoms. The Kier molecular flexibility index (Phi) is 5.69. The summed E-state index contributed by atoms with van der Waals surface area (Å²) < 4.78 is 0. The highest BCUT2D eigenvalue weighted by Gasteiger charge is 2.38. The van der Waals surface area contributed by atoms with Crippen molar-refractivity contribution in [2.24, 2.45) is 5.92 Å². The van der Waals surface area contributed by atoms with Gasteiger partial charge in [-0.25, -0.2) is 0 Å². The van der Waals surface area contributed by atoms with Gasteiger partial charge in [-0.05, 0) is 62.6 Å². The Labute approximate surface area is 165 Å². The fourth-order valence-corrected chi connectivity index (χ4v) is 4.21. The summed E-state index contributed by atoms with van der Waals surface area (Å²) >= 11 is 5.99. The summed E-state index contributed by atoms with van der Waals surface area (Å²) in [5.41, 5.74) is 0.592. The van der Waals surface area contributed by atoms with Gasteiger partial charge in [0.1, 0.15) is 0 Å². The van der Waals surface area contributed by atoms with Crippen LogP contribution in [0.4, 0.5) is 0 Å². The quantitative estimate of drug-likeness (QED) is 0.718. The monoisotopic (exact) mass is 389 g/mol. The molecule has 0 unspecified atom stereocenters. The van der Waals surface area contributed by atoms with Crippen LogP contribution >= 0.6 is 11.6 Å². The zero-order valence-corrected chi connectivity index (χ0v) is 16.4. The second kappa shape index (κ2) is 8.19. The lowest BCUT2D eigenvalue weighted by Gasteiger charge is -2.30. The molecule has 2 saturated carbocycles. The van der Waals surface area contributed by atoms with Crippen LogP contribution in [0.3, 0.4) is 0 Å². The third kappa shape index (κ3) is 5.23. The van der Waals surface area contributed by atoms with Crippen molar-refractivity contribution in [3.8, 4) is 0 Å². The number of rotatable bonds is 8. The summed E-state index contributed by atoms with van der Waals surface area (Å²) in [4.78, 5) is 27.2. The maximum Gasteiger partial charge on any atom is 0.251 e. The van der Waals surface area contributed by atoms with Gasteiger partial charge in [0.2, 0.25) is 5.91 Å². The van der Waals surface area contributed by atoms with Crippen molar-refractivity contribution in [1.29, 1.82) is 0 Å². The molecule has 2 aliphatic carbocycles. The molecule has 1 aromatic rings. The molecule has 0 bridgehead atoms. The molecule has 1 aromatic carbocycles. The zero-order chi connectivity index (χ0) is 18.8. The number of nitrogens with one attached hydrogen (secondary N) is 2. The molecule has 0 aromatic heterocycles. The third-order valence-corrected chi connectivity index (χ3v) is 6.12. The minimum Gasteiger partial charge on any atom is -0.353 e. The summed E-state index contributed by atoms with van der Waals surface area (Å²) in [6.45, 7) is 1.68. The lowest BCUT2D eigenvalue weighted by atomic mass is 10.1. The maximum absolute atomic E-state index is 12.4. The minimum atomic E-state index is -0.0844. The Morgan fingerprint density at radius 2 is 1.85 bits per heavy atom. The fourth-order valence-electron chi connectivity index (χ4n) is 4.02. The highest BCUT2D eigenvalue weighted by Crippen LogP contribution is 2.35. The maximum atomic E-state index is 12.4. The molecule has 146 valence electrons. The molecule has 4 rings (SSSR count). The summed E-state index contributed by atoms with van der Waals surface area (Å²) in [6.07, 6.45) is 7.48. The van der Waals surface area contributed by atoms with Crippen LogP contribution in [-0.2, 0) is 4.79 Å². The molecule has 0 spiro atoms. The number of hydrogen-bond acceptors (Lipinski definition) is 3. The Morgan fingerprint density at radius 1 is 1.07 bits per heavy atom. The minimum absolute atomic E-state index is 0.0844. The van der Waals surface area contributed by atoms with E-state index in [0.29, 0.717) is 41.7 Å². The molecule has 3 aliphatic rings. The Bertz CT molecular complexity index is 702. The smallest absolute Gasteiger partial charge is 0.251 e. The number of halogens is 1. The zero-order valence-electron chi connectivity index (χ0n) is 15.6. The van der Waals surface area contributed by atoms with E-state index >= 15 is 0 Å². The van der Waals surface area contributed by atoms with E-state index in [9.17, 15) is 9.59 Å². The first-order valence-corrected chi connectivity index (χ1v) is 10.5. The molecule has 27 heavy (non-hydrogen) atoms. The van der Waals surface area contributed by atoms with Gasteiger partial charge in [0, 0.05) is 48.2 Å². The fraction of sp³-hybridized carbons (Fsp3) is 0.619. The Hall–Kier alpha value is -1.59. The van der Waals surface area contributed by atoms with Gasteiger partial charge >= 0.3 is 0 Å². The number of carbonyl (C=O) groups excluding carboxylic acids is 2. The van der Waals surface area contributed by atoms with Gasteiger partial charge in [-0.15, -0.1) is 0 Å². The second-order valence-corrected chi connectivity index (χ2v) is 8.73. The van der Waals surface area contributed by atoms with E-state index < -0.39 is 0 Å². The van der Waals surface area contributed by atoms with Crippen molar-refractivity contribution in [2.45, 2.75) is 63.1 Å². The standard InChI is InChI=1S/C21H28ClN3O2/c22-16-3-1-2-15(10-16)21(27)23-12-19-9-8-18(25(19)13-14-4-5-14)11-20(26)24-17-6-7-17/h1-3,10,14,17-19H,4-9,11-13H2,(H,23,27)(H,24,26)/t18-,19+/m1/s1. The number of likely N-dealkylation sites (tertiary alicyclic amines) is 1. The van der Waals surface area contributed by atoms with Crippen molar-refractivity contribution in [3.63, 3.8) is 0 Å². The SMILES string of the molecule is O=C(C[C@H]1CC[C@@H](CNC(=O)c2cccc(Cl)c2)N1CC1CC1)NC1CC1. The number of nitrogens with zero attached hydrogens (tertiary/aromatic N) is 1. The highest BCUT2D eigenvalue weighted by molar-refractivity contribution is 6.30. The first kappa shape index (κ1) is 18.8. The van der Waals surface area contributed by atoms with Crippen LogP contribution in [0.25, 0.3) is 0 Å². The van der Waals surface area contributed by atoms with E-state index in [2.05, 4.69) is 15.5 Å². The van der Waals surface area contributed by atoms with E-state index in [0.717, 1.165) is 38.1 Å². The van der Waals surface area contributed by atoms with Gasteiger partial charge in [-0.1, -0.05) is 17.7 Å². The van der Waals surface area contributed by atoms with Crippen LogP contribution in [0.2, 0.25) is 5.02 Å². The molecular weight excluding hydrogens is 362 g/mol. The first-order valence-electron chi connectivity index (χ1n) is 10.2. The van der Waals surface area contributed by atoms with Gasteiger partial charge in [-0.2, -0.15) is 0 Å². The molecule has 0 radical (unpaired) electrons. The van der Waals surface area contributed by atoms with Crippen LogP contribution < -0.4 is 10.6 Å². The Morgan fingerprint density at radius 3 is 2.56 bits per heavy atom. The normalized spacial score (nSPS) is 25.4. The molecule has 5 nitrogen and oxygen atoms in total. The van der Waals surface area contributed by atoms with Gasteiger partial charge in [0.25, 0.3) is 5.91 Å². The van der Waals surface area contributed by atoms with Crippen molar-refractivity contribution >= 4 is 23.4 Å². The van der Waals surface area contributed by atoms with E-state index in [4.69, 9.17) is 11.6 Å². The molecule has 1 saturated heterocycles. The summed E-state index contributed by atoms with van der Waals surface area (Å²) in [6, 6.07) is 8.07. The molecule has 2 amide bonds. The lowest BCUT2D eigenvalue weighted by molar-refractivity contribution is -0.122. The van der Waals surface area contributed by atoms with Crippen LogP contribution in [0.1, 0.15) is 55.3 Å².